The zero-order valence-electron chi connectivity index (χ0n) is 11.4. The van der Waals surface area contributed by atoms with Gasteiger partial charge in [-0.05, 0) is 43.8 Å². The normalized spacial score (nSPS) is 20.6. The van der Waals surface area contributed by atoms with Crippen molar-refractivity contribution in [3.8, 4) is 0 Å². The summed E-state index contributed by atoms with van der Waals surface area (Å²) < 4.78 is 1.69. The van der Waals surface area contributed by atoms with Crippen LogP contribution in [-0.4, -0.2) is 45.3 Å². The minimum atomic E-state index is -0.185. The van der Waals surface area contributed by atoms with Crippen LogP contribution in [0, 0.1) is 0 Å². The van der Waals surface area contributed by atoms with Crippen LogP contribution in [0.5, 0.6) is 0 Å². The molecule has 0 bridgehead atoms. The van der Waals surface area contributed by atoms with Gasteiger partial charge in [0.15, 0.2) is 0 Å². The summed E-state index contributed by atoms with van der Waals surface area (Å²) in [5.74, 6) is 0. The molecule has 0 aromatic carbocycles. The first kappa shape index (κ1) is 13.7. The summed E-state index contributed by atoms with van der Waals surface area (Å²) >= 11 is 1.50. The Kier molecular flexibility index (Phi) is 4.14. The van der Waals surface area contributed by atoms with Gasteiger partial charge in [0.05, 0.1) is 17.8 Å². The summed E-state index contributed by atoms with van der Waals surface area (Å²) in [6.07, 6.45) is 4.34. The Morgan fingerprint density at radius 1 is 1.45 bits per heavy atom. The largest absolute Gasteiger partial charge is 0.392 e. The standard InChI is InChI=1S/C14H19N3O2S/c18-11-3-1-5-16(9-11)6-2-7-17-10-15-13-12(14(17)19)4-8-20-13/h4,8,10-11,18H,1-3,5-7,9H2. The molecule has 108 valence electrons. The maximum absolute atomic E-state index is 12.2. The number of aryl methyl sites for hydroxylation is 1. The molecule has 20 heavy (non-hydrogen) atoms. The highest BCUT2D eigenvalue weighted by molar-refractivity contribution is 7.16. The zero-order valence-corrected chi connectivity index (χ0v) is 12.2. The first-order chi connectivity index (χ1) is 9.74. The molecule has 1 aliphatic rings. The molecular formula is C14H19N3O2S. The lowest BCUT2D eigenvalue weighted by Crippen LogP contribution is -2.39. The Balaban J connectivity index is 1.59. The smallest absolute Gasteiger partial charge is 0.262 e. The van der Waals surface area contributed by atoms with Gasteiger partial charge in [-0.3, -0.25) is 9.36 Å². The monoisotopic (exact) mass is 293 g/mol. The minimum Gasteiger partial charge on any atom is -0.392 e. The van der Waals surface area contributed by atoms with Crippen molar-refractivity contribution in [2.45, 2.75) is 31.9 Å². The van der Waals surface area contributed by atoms with E-state index in [4.69, 9.17) is 0 Å². The fraction of sp³-hybridized carbons (Fsp3) is 0.571. The zero-order chi connectivity index (χ0) is 13.9. The average Bonchev–Trinajstić information content (AvgIpc) is 2.91. The van der Waals surface area contributed by atoms with Crippen LogP contribution >= 0.6 is 11.3 Å². The molecule has 0 saturated carbocycles. The summed E-state index contributed by atoms with van der Waals surface area (Å²) in [5.41, 5.74) is 0.0509. The molecule has 0 amide bonds. The van der Waals surface area contributed by atoms with E-state index in [0.717, 1.165) is 43.7 Å². The average molecular weight is 293 g/mol. The second-order valence-electron chi connectivity index (χ2n) is 5.33. The quantitative estimate of drug-likeness (QED) is 0.923. The first-order valence-electron chi connectivity index (χ1n) is 7.07. The van der Waals surface area contributed by atoms with Crippen LogP contribution in [0.15, 0.2) is 22.6 Å². The van der Waals surface area contributed by atoms with Gasteiger partial charge in [-0.1, -0.05) is 0 Å². The SMILES string of the molecule is O=c1c2ccsc2ncn1CCCN1CCCC(O)C1. The van der Waals surface area contributed by atoms with E-state index in [2.05, 4.69) is 9.88 Å². The molecule has 1 N–H and O–H groups in total. The first-order valence-corrected chi connectivity index (χ1v) is 7.95. The molecule has 2 aromatic rings. The highest BCUT2D eigenvalue weighted by Gasteiger charge is 2.16. The molecule has 3 rings (SSSR count). The highest BCUT2D eigenvalue weighted by atomic mass is 32.1. The molecule has 3 heterocycles. The molecule has 0 aliphatic carbocycles. The number of likely N-dealkylation sites (tertiary alicyclic amines) is 1. The third-order valence-electron chi connectivity index (χ3n) is 3.80. The van der Waals surface area contributed by atoms with Crippen LogP contribution in [-0.2, 0) is 6.54 Å². The van der Waals surface area contributed by atoms with E-state index in [1.807, 2.05) is 11.4 Å². The lowest BCUT2D eigenvalue weighted by molar-refractivity contribution is 0.0695. The number of hydrogen-bond acceptors (Lipinski definition) is 5. The number of piperidine rings is 1. The number of hydrogen-bond donors (Lipinski definition) is 1. The van der Waals surface area contributed by atoms with Gasteiger partial charge in [0.2, 0.25) is 0 Å². The molecule has 1 aliphatic heterocycles. The Morgan fingerprint density at radius 2 is 2.35 bits per heavy atom. The van der Waals surface area contributed by atoms with E-state index in [9.17, 15) is 9.90 Å². The van der Waals surface area contributed by atoms with Crippen LogP contribution < -0.4 is 5.56 Å². The number of aliphatic hydroxyl groups is 1. The molecule has 1 unspecified atom stereocenters. The number of β-amino-alcohol motifs (C(OH)–C–C–N with tert-alkyl or cyclic N) is 1. The maximum Gasteiger partial charge on any atom is 0.262 e. The molecule has 2 aromatic heterocycles. The van der Waals surface area contributed by atoms with Gasteiger partial charge in [0.1, 0.15) is 4.83 Å². The number of rotatable bonds is 4. The molecule has 0 radical (unpaired) electrons. The number of thiophene rings is 1. The summed E-state index contributed by atoms with van der Waals surface area (Å²) in [5, 5.41) is 12.2. The lowest BCUT2D eigenvalue weighted by atomic mass is 10.1. The predicted octanol–water partition coefficient (Wildman–Crippen LogP) is 1.30. The van der Waals surface area contributed by atoms with Crippen molar-refractivity contribution in [1.29, 1.82) is 0 Å². The number of aliphatic hydroxyl groups excluding tert-OH is 1. The molecule has 1 atom stereocenters. The Bertz CT molecular complexity index is 637. The molecular weight excluding hydrogens is 274 g/mol. The van der Waals surface area contributed by atoms with E-state index in [1.165, 1.54) is 11.3 Å². The second-order valence-corrected chi connectivity index (χ2v) is 6.23. The van der Waals surface area contributed by atoms with E-state index in [0.29, 0.717) is 11.9 Å². The van der Waals surface area contributed by atoms with Crippen molar-refractivity contribution in [2.24, 2.45) is 0 Å². The van der Waals surface area contributed by atoms with Crippen molar-refractivity contribution < 1.29 is 5.11 Å². The van der Waals surface area contributed by atoms with E-state index in [1.54, 1.807) is 10.9 Å². The van der Waals surface area contributed by atoms with Gasteiger partial charge >= 0.3 is 0 Å². The maximum atomic E-state index is 12.2. The van der Waals surface area contributed by atoms with Crippen molar-refractivity contribution >= 4 is 21.6 Å². The van der Waals surface area contributed by atoms with Crippen molar-refractivity contribution in [3.63, 3.8) is 0 Å². The summed E-state index contributed by atoms with van der Waals surface area (Å²) in [6.45, 7) is 3.42. The Labute approximate surface area is 121 Å². The van der Waals surface area contributed by atoms with Gasteiger partial charge in [-0.25, -0.2) is 4.98 Å². The Hall–Kier alpha value is -1.24. The topological polar surface area (TPSA) is 58.4 Å². The van der Waals surface area contributed by atoms with E-state index >= 15 is 0 Å². The molecule has 6 heteroatoms. The third-order valence-corrected chi connectivity index (χ3v) is 4.63. The fourth-order valence-corrected chi connectivity index (χ4v) is 3.47. The van der Waals surface area contributed by atoms with Crippen molar-refractivity contribution in [2.75, 3.05) is 19.6 Å². The third kappa shape index (κ3) is 2.92. The molecule has 0 spiro atoms. The van der Waals surface area contributed by atoms with Crippen LogP contribution in [0.1, 0.15) is 19.3 Å². The number of aromatic nitrogens is 2. The van der Waals surface area contributed by atoms with Gasteiger partial charge in [-0.2, -0.15) is 0 Å². The number of nitrogens with zero attached hydrogens (tertiary/aromatic N) is 3. The second kappa shape index (κ2) is 6.03. The fourth-order valence-electron chi connectivity index (χ4n) is 2.75. The van der Waals surface area contributed by atoms with Crippen LogP contribution in [0.25, 0.3) is 10.2 Å². The summed E-state index contributed by atoms with van der Waals surface area (Å²) in [6, 6.07) is 1.84. The molecule has 1 saturated heterocycles. The van der Waals surface area contributed by atoms with Gasteiger partial charge in [-0.15, -0.1) is 11.3 Å². The number of fused-ring (bicyclic) bond motifs is 1. The van der Waals surface area contributed by atoms with Gasteiger partial charge < -0.3 is 10.0 Å². The van der Waals surface area contributed by atoms with Crippen LogP contribution in [0.2, 0.25) is 0 Å². The summed E-state index contributed by atoms with van der Waals surface area (Å²) in [7, 11) is 0. The molecule has 1 fully saturated rings. The van der Waals surface area contributed by atoms with Crippen LogP contribution in [0.3, 0.4) is 0 Å². The van der Waals surface area contributed by atoms with Gasteiger partial charge in [0.25, 0.3) is 5.56 Å². The van der Waals surface area contributed by atoms with E-state index in [-0.39, 0.29) is 11.7 Å². The predicted molar refractivity (Wildman–Crippen MR) is 80.2 cm³/mol. The van der Waals surface area contributed by atoms with Crippen molar-refractivity contribution in [3.05, 3.63) is 28.1 Å². The Morgan fingerprint density at radius 3 is 3.20 bits per heavy atom. The van der Waals surface area contributed by atoms with Gasteiger partial charge in [0, 0.05) is 13.1 Å². The van der Waals surface area contributed by atoms with Crippen LogP contribution in [0.4, 0.5) is 0 Å². The summed E-state index contributed by atoms with van der Waals surface area (Å²) in [4.78, 5) is 19.6. The van der Waals surface area contributed by atoms with Crippen molar-refractivity contribution in [1.82, 2.24) is 14.5 Å². The highest BCUT2D eigenvalue weighted by Crippen LogP contribution is 2.13. The molecule has 5 nitrogen and oxygen atoms in total. The lowest BCUT2D eigenvalue weighted by Gasteiger charge is -2.29. The van der Waals surface area contributed by atoms with E-state index < -0.39 is 0 Å². The minimum absolute atomic E-state index is 0.0509.